The van der Waals surface area contributed by atoms with Crippen LogP contribution in [0.2, 0.25) is 0 Å². The highest BCUT2D eigenvalue weighted by Gasteiger charge is 2.23. The molecular formula is C18H20N4O3S. The fourth-order valence-electron chi connectivity index (χ4n) is 2.69. The Balaban J connectivity index is 0.000000948. The maximum Gasteiger partial charge on any atom is 0.337 e. The molecule has 136 valence electrons. The predicted octanol–water partition coefficient (Wildman–Crippen LogP) is 3.31. The Labute approximate surface area is 155 Å². The summed E-state index contributed by atoms with van der Waals surface area (Å²) in [6, 6.07) is 5.55. The zero-order valence-electron chi connectivity index (χ0n) is 14.7. The van der Waals surface area contributed by atoms with Gasteiger partial charge < -0.3 is 14.7 Å². The molecule has 1 N–H and O–H groups in total. The topological polar surface area (TPSA) is 88.4 Å². The minimum absolute atomic E-state index is 0.240. The second-order valence-corrected chi connectivity index (χ2v) is 6.18. The van der Waals surface area contributed by atoms with Crippen molar-refractivity contribution in [3.63, 3.8) is 0 Å². The van der Waals surface area contributed by atoms with Crippen molar-refractivity contribution in [3.05, 3.63) is 35.3 Å². The Morgan fingerprint density at radius 3 is 2.65 bits per heavy atom. The van der Waals surface area contributed by atoms with Crippen molar-refractivity contribution >= 4 is 33.3 Å². The van der Waals surface area contributed by atoms with E-state index in [1.807, 2.05) is 32.0 Å². The summed E-state index contributed by atoms with van der Waals surface area (Å²) in [6.07, 6.45) is 1.69. The number of aromatic carboxylic acids is 1. The Kier molecular flexibility index (Phi) is 5.75. The minimum Gasteiger partial charge on any atom is -0.478 e. The first-order valence-electron chi connectivity index (χ1n) is 8.50. The maximum atomic E-state index is 11.6. The van der Waals surface area contributed by atoms with Crippen LogP contribution in [0.15, 0.2) is 29.8 Å². The van der Waals surface area contributed by atoms with Crippen LogP contribution in [0.3, 0.4) is 0 Å². The van der Waals surface area contributed by atoms with Gasteiger partial charge in [-0.05, 0) is 12.1 Å². The van der Waals surface area contributed by atoms with Gasteiger partial charge in [0, 0.05) is 24.7 Å². The van der Waals surface area contributed by atoms with Gasteiger partial charge in [-0.1, -0.05) is 19.9 Å². The summed E-state index contributed by atoms with van der Waals surface area (Å²) in [4.78, 5) is 27.8. The number of morpholine rings is 1. The van der Waals surface area contributed by atoms with Crippen LogP contribution in [0.5, 0.6) is 0 Å². The van der Waals surface area contributed by atoms with E-state index >= 15 is 0 Å². The fraction of sp³-hybridized carbons (Fsp3) is 0.333. The first kappa shape index (κ1) is 18.2. The molecule has 0 unspecified atom stereocenters. The van der Waals surface area contributed by atoms with Crippen LogP contribution in [0.25, 0.3) is 21.7 Å². The summed E-state index contributed by atoms with van der Waals surface area (Å²) >= 11 is 1.31. The van der Waals surface area contributed by atoms with Crippen LogP contribution >= 0.6 is 11.3 Å². The smallest absolute Gasteiger partial charge is 0.337 e. The molecule has 0 saturated carbocycles. The number of ether oxygens (including phenoxy) is 1. The Hall–Kier alpha value is -2.58. The number of thiophene rings is 1. The van der Waals surface area contributed by atoms with Crippen LogP contribution < -0.4 is 4.90 Å². The molecular weight excluding hydrogens is 352 g/mol. The molecule has 4 rings (SSSR count). The first-order valence-corrected chi connectivity index (χ1v) is 9.38. The van der Waals surface area contributed by atoms with Gasteiger partial charge >= 0.3 is 5.97 Å². The standard InChI is InChI=1S/C16H14N4O3S.C2H6/c21-16(22)10-9-24-15-12(10)14(20-5-7-23-8-6-20)18-13(19-15)11-3-1-2-4-17-11;1-2/h1-4,9H,5-8H2,(H,21,22);1-2H3. The number of rotatable bonds is 3. The summed E-state index contributed by atoms with van der Waals surface area (Å²) in [5, 5.41) is 11.7. The van der Waals surface area contributed by atoms with Gasteiger partial charge in [-0.2, -0.15) is 0 Å². The van der Waals surface area contributed by atoms with Crippen molar-refractivity contribution < 1.29 is 14.6 Å². The molecule has 0 aromatic carbocycles. The van der Waals surface area contributed by atoms with Crippen molar-refractivity contribution in [1.29, 1.82) is 0 Å². The molecule has 0 bridgehead atoms. The SMILES string of the molecule is CC.O=C(O)c1csc2nc(-c3ccccn3)nc(N3CCOCC3)c12. The molecule has 0 spiro atoms. The molecule has 3 aromatic heterocycles. The van der Waals surface area contributed by atoms with Gasteiger partial charge in [-0.3, -0.25) is 4.98 Å². The third-order valence-electron chi connectivity index (χ3n) is 3.85. The maximum absolute atomic E-state index is 11.6. The predicted molar refractivity (Wildman–Crippen MR) is 102 cm³/mol. The van der Waals surface area contributed by atoms with Crippen molar-refractivity contribution in [2.75, 3.05) is 31.2 Å². The fourth-order valence-corrected chi connectivity index (χ4v) is 3.60. The summed E-state index contributed by atoms with van der Waals surface area (Å²) in [5.74, 6) is 0.177. The van der Waals surface area contributed by atoms with Gasteiger partial charge in [-0.15, -0.1) is 11.3 Å². The lowest BCUT2D eigenvalue weighted by Crippen LogP contribution is -2.37. The lowest BCUT2D eigenvalue weighted by Gasteiger charge is -2.28. The van der Waals surface area contributed by atoms with Gasteiger partial charge in [0.05, 0.1) is 24.2 Å². The summed E-state index contributed by atoms with van der Waals surface area (Å²) in [6.45, 7) is 6.53. The molecule has 0 atom stereocenters. The molecule has 1 aliphatic rings. The molecule has 1 aliphatic heterocycles. The van der Waals surface area contributed by atoms with Crippen LogP contribution in [0.4, 0.5) is 5.82 Å². The van der Waals surface area contributed by atoms with Gasteiger partial charge in [0.15, 0.2) is 5.82 Å². The van der Waals surface area contributed by atoms with Crippen molar-refractivity contribution in [3.8, 4) is 11.5 Å². The average molecular weight is 372 g/mol. The Bertz CT molecular complexity index is 892. The van der Waals surface area contributed by atoms with E-state index in [2.05, 4.69) is 19.9 Å². The third-order valence-corrected chi connectivity index (χ3v) is 4.72. The van der Waals surface area contributed by atoms with Gasteiger partial charge in [0.1, 0.15) is 16.3 Å². The molecule has 3 aromatic rings. The van der Waals surface area contributed by atoms with E-state index < -0.39 is 5.97 Å². The number of hydrogen-bond donors (Lipinski definition) is 1. The highest BCUT2D eigenvalue weighted by atomic mass is 32.1. The van der Waals surface area contributed by atoms with Crippen LogP contribution in [0.1, 0.15) is 24.2 Å². The van der Waals surface area contributed by atoms with E-state index in [9.17, 15) is 9.90 Å². The van der Waals surface area contributed by atoms with Crippen molar-refractivity contribution in [2.45, 2.75) is 13.8 Å². The van der Waals surface area contributed by atoms with Crippen molar-refractivity contribution in [1.82, 2.24) is 15.0 Å². The largest absolute Gasteiger partial charge is 0.478 e. The number of aromatic nitrogens is 3. The first-order chi connectivity index (χ1) is 12.7. The lowest BCUT2D eigenvalue weighted by molar-refractivity contribution is 0.0699. The molecule has 7 nitrogen and oxygen atoms in total. The Morgan fingerprint density at radius 1 is 1.23 bits per heavy atom. The van der Waals surface area contributed by atoms with Crippen LogP contribution in [0, 0.1) is 0 Å². The second kappa shape index (κ2) is 8.20. The van der Waals surface area contributed by atoms with Gasteiger partial charge in [-0.25, -0.2) is 14.8 Å². The quantitative estimate of drug-likeness (QED) is 0.754. The molecule has 8 heteroatoms. The number of nitrogens with zero attached hydrogens (tertiary/aromatic N) is 4. The zero-order valence-corrected chi connectivity index (χ0v) is 15.5. The monoisotopic (exact) mass is 372 g/mol. The number of carboxylic acid groups (broad SMARTS) is 1. The molecule has 26 heavy (non-hydrogen) atoms. The minimum atomic E-state index is -0.968. The number of pyridine rings is 1. The number of anilines is 1. The van der Waals surface area contributed by atoms with Crippen LogP contribution in [-0.2, 0) is 4.74 Å². The summed E-state index contributed by atoms with van der Waals surface area (Å²) in [5.41, 5.74) is 0.906. The third kappa shape index (κ3) is 3.51. The second-order valence-electron chi connectivity index (χ2n) is 5.32. The molecule has 1 saturated heterocycles. The number of hydrogen-bond acceptors (Lipinski definition) is 7. The number of carbonyl (C=O) groups is 1. The van der Waals surface area contributed by atoms with Crippen molar-refractivity contribution in [2.24, 2.45) is 0 Å². The zero-order chi connectivity index (χ0) is 18.5. The number of fused-ring (bicyclic) bond motifs is 1. The molecule has 4 heterocycles. The molecule has 0 amide bonds. The highest BCUT2D eigenvalue weighted by Crippen LogP contribution is 2.34. The van der Waals surface area contributed by atoms with Gasteiger partial charge in [0.2, 0.25) is 0 Å². The molecule has 0 aliphatic carbocycles. The van der Waals surface area contributed by atoms with E-state index in [1.54, 1.807) is 11.6 Å². The summed E-state index contributed by atoms with van der Waals surface area (Å²) in [7, 11) is 0. The van der Waals surface area contributed by atoms with E-state index in [0.29, 0.717) is 53.9 Å². The summed E-state index contributed by atoms with van der Waals surface area (Å²) < 4.78 is 5.40. The average Bonchev–Trinajstić information content (AvgIpc) is 3.14. The van der Waals surface area contributed by atoms with E-state index in [4.69, 9.17) is 4.74 Å². The Morgan fingerprint density at radius 2 is 2.00 bits per heavy atom. The molecule has 1 fully saturated rings. The van der Waals surface area contributed by atoms with E-state index in [-0.39, 0.29) is 5.56 Å². The normalized spacial score (nSPS) is 14.0. The number of carboxylic acids is 1. The van der Waals surface area contributed by atoms with Gasteiger partial charge in [0.25, 0.3) is 0 Å². The molecule has 0 radical (unpaired) electrons. The van der Waals surface area contributed by atoms with Crippen LogP contribution in [-0.4, -0.2) is 52.3 Å². The van der Waals surface area contributed by atoms with E-state index in [1.165, 1.54) is 11.3 Å². The highest BCUT2D eigenvalue weighted by molar-refractivity contribution is 7.17. The lowest BCUT2D eigenvalue weighted by atomic mass is 10.2. The van der Waals surface area contributed by atoms with E-state index in [0.717, 1.165) is 0 Å².